The van der Waals surface area contributed by atoms with E-state index in [0.717, 1.165) is 13.2 Å². The maximum Gasteiger partial charge on any atom is 0.0519 e. The first kappa shape index (κ1) is 6.05. The monoisotopic (exact) mass is 116 g/mol. The first-order valence-corrected chi connectivity index (χ1v) is 3.03. The highest BCUT2D eigenvalue weighted by atomic mass is 16.5. The summed E-state index contributed by atoms with van der Waals surface area (Å²) in [5, 5.41) is 8.66. The number of aliphatic hydroxyl groups excluding tert-OH is 1. The highest BCUT2D eigenvalue weighted by Crippen LogP contribution is 2.18. The Kier molecular flexibility index (Phi) is 1.86. The first-order chi connectivity index (χ1) is 3.84. The standard InChI is InChI=1S/C6H12O2/c1-5-3-8-4-6(5)2-7/h5-7H,2-4H2,1H3. The Hall–Kier alpha value is -0.0800. The molecule has 0 bridgehead atoms. The number of aliphatic hydroxyl groups is 1. The zero-order valence-corrected chi connectivity index (χ0v) is 5.13. The summed E-state index contributed by atoms with van der Waals surface area (Å²) in [7, 11) is 0. The van der Waals surface area contributed by atoms with Gasteiger partial charge in [-0.2, -0.15) is 0 Å². The Morgan fingerprint density at radius 2 is 2.38 bits per heavy atom. The van der Waals surface area contributed by atoms with Gasteiger partial charge in [-0.3, -0.25) is 0 Å². The van der Waals surface area contributed by atoms with Gasteiger partial charge in [0.2, 0.25) is 0 Å². The Bertz CT molecular complexity index is 72.9. The van der Waals surface area contributed by atoms with Crippen LogP contribution in [0.15, 0.2) is 0 Å². The van der Waals surface area contributed by atoms with Crippen molar-refractivity contribution in [3.8, 4) is 0 Å². The van der Waals surface area contributed by atoms with Crippen LogP contribution in [0.2, 0.25) is 0 Å². The van der Waals surface area contributed by atoms with Gasteiger partial charge in [0, 0.05) is 19.1 Å². The van der Waals surface area contributed by atoms with Crippen LogP contribution < -0.4 is 0 Å². The van der Waals surface area contributed by atoms with Gasteiger partial charge in [0.25, 0.3) is 0 Å². The highest BCUT2D eigenvalue weighted by molar-refractivity contribution is 4.69. The van der Waals surface area contributed by atoms with Crippen molar-refractivity contribution in [3.05, 3.63) is 0 Å². The lowest BCUT2D eigenvalue weighted by Crippen LogP contribution is -2.12. The van der Waals surface area contributed by atoms with Gasteiger partial charge in [0.05, 0.1) is 6.61 Å². The number of ether oxygens (including phenoxy) is 1. The molecule has 1 rings (SSSR count). The van der Waals surface area contributed by atoms with Gasteiger partial charge in [-0.15, -0.1) is 0 Å². The molecule has 0 aromatic rings. The van der Waals surface area contributed by atoms with Crippen molar-refractivity contribution in [1.82, 2.24) is 0 Å². The summed E-state index contributed by atoms with van der Waals surface area (Å²) in [6.07, 6.45) is 0. The normalized spacial score (nSPS) is 38.2. The molecule has 0 spiro atoms. The third-order valence-electron chi connectivity index (χ3n) is 1.75. The fraction of sp³-hybridized carbons (Fsp3) is 1.00. The van der Waals surface area contributed by atoms with Crippen LogP contribution in [-0.4, -0.2) is 24.9 Å². The van der Waals surface area contributed by atoms with E-state index in [0.29, 0.717) is 11.8 Å². The minimum atomic E-state index is 0.279. The SMILES string of the molecule is CC1COCC1CO. The maximum absolute atomic E-state index is 8.66. The summed E-state index contributed by atoms with van der Waals surface area (Å²) in [5.74, 6) is 0.954. The molecule has 2 nitrogen and oxygen atoms in total. The molecule has 0 amide bonds. The Balaban J connectivity index is 2.30. The molecule has 8 heavy (non-hydrogen) atoms. The summed E-state index contributed by atoms with van der Waals surface area (Å²) in [6, 6.07) is 0. The zero-order valence-electron chi connectivity index (χ0n) is 5.13. The predicted molar refractivity (Wildman–Crippen MR) is 30.6 cm³/mol. The lowest BCUT2D eigenvalue weighted by atomic mass is 10.00. The summed E-state index contributed by atoms with van der Waals surface area (Å²) < 4.78 is 5.10. The number of hydrogen-bond acceptors (Lipinski definition) is 2. The molecular weight excluding hydrogens is 104 g/mol. The van der Waals surface area contributed by atoms with Gasteiger partial charge in [0.1, 0.15) is 0 Å². The van der Waals surface area contributed by atoms with Crippen molar-refractivity contribution < 1.29 is 9.84 Å². The zero-order chi connectivity index (χ0) is 5.98. The van der Waals surface area contributed by atoms with Crippen molar-refractivity contribution in [2.24, 2.45) is 11.8 Å². The molecule has 0 radical (unpaired) electrons. The summed E-state index contributed by atoms with van der Waals surface area (Å²) in [4.78, 5) is 0. The molecule has 1 fully saturated rings. The molecule has 1 aliphatic heterocycles. The van der Waals surface area contributed by atoms with E-state index in [-0.39, 0.29) is 6.61 Å². The second-order valence-corrected chi connectivity index (χ2v) is 2.46. The minimum absolute atomic E-state index is 0.279. The van der Waals surface area contributed by atoms with E-state index < -0.39 is 0 Å². The van der Waals surface area contributed by atoms with Crippen LogP contribution in [0.5, 0.6) is 0 Å². The van der Waals surface area contributed by atoms with Crippen LogP contribution in [0.4, 0.5) is 0 Å². The van der Waals surface area contributed by atoms with Gasteiger partial charge in [-0.25, -0.2) is 0 Å². The minimum Gasteiger partial charge on any atom is -0.396 e. The lowest BCUT2D eigenvalue weighted by Gasteiger charge is -2.06. The van der Waals surface area contributed by atoms with E-state index in [4.69, 9.17) is 9.84 Å². The van der Waals surface area contributed by atoms with Crippen LogP contribution in [-0.2, 0) is 4.74 Å². The molecule has 48 valence electrons. The van der Waals surface area contributed by atoms with Gasteiger partial charge in [-0.1, -0.05) is 6.92 Å². The number of hydrogen-bond donors (Lipinski definition) is 1. The fourth-order valence-electron chi connectivity index (χ4n) is 0.938. The van der Waals surface area contributed by atoms with E-state index in [1.165, 1.54) is 0 Å². The van der Waals surface area contributed by atoms with Crippen molar-refractivity contribution >= 4 is 0 Å². The molecule has 0 aromatic carbocycles. The molecule has 1 aliphatic rings. The molecule has 0 aliphatic carbocycles. The van der Waals surface area contributed by atoms with E-state index in [1.807, 2.05) is 0 Å². The Morgan fingerprint density at radius 1 is 1.62 bits per heavy atom. The lowest BCUT2D eigenvalue weighted by molar-refractivity contribution is 0.160. The molecule has 2 heteroatoms. The molecule has 1 heterocycles. The highest BCUT2D eigenvalue weighted by Gasteiger charge is 2.22. The average Bonchev–Trinajstić information content (AvgIpc) is 2.14. The van der Waals surface area contributed by atoms with Gasteiger partial charge in [0.15, 0.2) is 0 Å². The third-order valence-corrected chi connectivity index (χ3v) is 1.75. The van der Waals surface area contributed by atoms with Gasteiger partial charge >= 0.3 is 0 Å². The van der Waals surface area contributed by atoms with Crippen LogP contribution in [0.3, 0.4) is 0 Å². The van der Waals surface area contributed by atoms with Gasteiger partial charge in [-0.05, 0) is 5.92 Å². The van der Waals surface area contributed by atoms with Gasteiger partial charge < -0.3 is 9.84 Å². The Labute approximate surface area is 49.5 Å². The molecule has 2 atom stereocenters. The summed E-state index contributed by atoms with van der Waals surface area (Å²) in [5.41, 5.74) is 0. The first-order valence-electron chi connectivity index (χ1n) is 3.03. The topological polar surface area (TPSA) is 29.5 Å². The van der Waals surface area contributed by atoms with E-state index in [9.17, 15) is 0 Å². The molecule has 1 N–H and O–H groups in total. The maximum atomic E-state index is 8.66. The molecule has 0 saturated carbocycles. The van der Waals surface area contributed by atoms with Crippen LogP contribution in [0, 0.1) is 11.8 Å². The second kappa shape index (κ2) is 2.46. The van der Waals surface area contributed by atoms with E-state index in [2.05, 4.69) is 6.92 Å². The van der Waals surface area contributed by atoms with Crippen molar-refractivity contribution in [2.75, 3.05) is 19.8 Å². The summed E-state index contributed by atoms with van der Waals surface area (Å²) >= 11 is 0. The number of rotatable bonds is 1. The van der Waals surface area contributed by atoms with E-state index >= 15 is 0 Å². The van der Waals surface area contributed by atoms with Crippen molar-refractivity contribution in [1.29, 1.82) is 0 Å². The van der Waals surface area contributed by atoms with Crippen LogP contribution >= 0.6 is 0 Å². The van der Waals surface area contributed by atoms with Crippen LogP contribution in [0.1, 0.15) is 6.92 Å². The largest absolute Gasteiger partial charge is 0.396 e. The second-order valence-electron chi connectivity index (χ2n) is 2.46. The average molecular weight is 116 g/mol. The van der Waals surface area contributed by atoms with Crippen molar-refractivity contribution in [3.63, 3.8) is 0 Å². The van der Waals surface area contributed by atoms with Crippen molar-refractivity contribution in [2.45, 2.75) is 6.92 Å². The molecule has 2 unspecified atom stereocenters. The molecular formula is C6H12O2. The quantitative estimate of drug-likeness (QED) is 0.532. The summed E-state index contributed by atoms with van der Waals surface area (Å²) in [6.45, 7) is 3.96. The van der Waals surface area contributed by atoms with Crippen LogP contribution in [0.25, 0.3) is 0 Å². The van der Waals surface area contributed by atoms with E-state index in [1.54, 1.807) is 0 Å². The molecule has 1 saturated heterocycles. The third kappa shape index (κ3) is 1.01. The molecule has 0 aromatic heterocycles. The predicted octanol–water partition coefficient (Wildman–Crippen LogP) is 0.261. The Morgan fingerprint density at radius 3 is 2.62 bits per heavy atom. The smallest absolute Gasteiger partial charge is 0.0519 e. The fourth-order valence-corrected chi connectivity index (χ4v) is 0.938.